The molecule has 2 rings (SSSR count). The van der Waals surface area contributed by atoms with Gasteiger partial charge in [-0.05, 0) is 38.8 Å². The number of unbranched alkanes of at least 4 members (excludes halogenated alkanes) is 3. The Morgan fingerprint density at radius 1 is 1.12 bits per heavy atom. The number of carbonyl (C=O) groups is 1. The van der Waals surface area contributed by atoms with Crippen molar-refractivity contribution in [1.82, 2.24) is 10.2 Å². The van der Waals surface area contributed by atoms with Gasteiger partial charge in [-0.25, -0.2) is 0 Å². The molecule has 0 fully saturated rings. The van der Waals surface area contributed by atoms with Gasteiger partial charge in [-0.2, -0.15) is 0 Å². The average molecular weight is 383 g/mol. The fraction of sp³-hybridized carbons (Fsp3) is 0.500. The van der Waals surface area contributed by atoms with Gasteiger partial charge in [-0.3, -0.25) is 4.79 Å². The Hall–Kier alpha value is -1.50. The highest BCUT2D eigenvalue weighted by molar-refractivity contribution is 7.15. The first-order valence-electron chi connectivity index (χ1n) is 8.43. The molecule has 0 radical (unpaired) electrons. The molecular formula is C18H27ClN4OS. The number of nitrogens with one attached hydrogen (secondary N) is 1. The number of amides is 1. The lowest BCUT2D eigenvalue weighted by molar-refractivity contribution is -0.116. The number of nitrogens with zero attached hydrogens (tertiary/aromatic N) is 2. The van der Waals surface area contributed by atoms with E-state index in [4.69, 9.17) is 5.73 Å². The van der Waals surface area contributed by atoms with E-state index in [1.54, 1.807) is 0 Å². The van der Waals surface area contributed by atoms with Crippen molar-refractivity contribution in [3.63, 3.8) is 0 Å². The first-order chi connectivity index (χ1) is 11.5. The predicted molar refractivity (Wildman–Crippen MR) is 106 cm³/mol. The minimum Gasteiger partial charge on any atom is -0.330 e. The molecule has 2 aromatic rings. The molecule has 1 heterocycles. The fourth-order valence-corrected chi connectivity index (χ4v) is 3.35. The third-order valence-corrected chi connectivity index (χ3v) is 5.22. The summed E-state index contributed by atoms with van der Waals surface area (Å²) in [5, 5.41) is 12.7. The van der Waals surface area contributed by atoms with Crippen LogP contribution in [0.3, 0.4) is 0 Å². The lowest BCUT2D eigenvalue weighted by Gasteiger charge is -2.21. The van der Waals surface area contributed by atoms with Crippen LogP contribution in [0.2, 0.25) is 0 Å². The highest BCUT2D eigenvalue weighted by atomic mass is 35.5. The minimum atomic E-state index is -0.232. The standard InChI is InChI=1S/C18H26N4OS.ClH/c1-18(2,14-10-6-5-7-11-14)16-21-22-17(24-16)20-15(23)12-8-3-4-9-13-19;/h5-7,10-11H,3-4,8-9,12-13,19H2,1-2H3,(H,20,22,23);1H. The number of halogens is 1. The Kier molecular flexibility index (Phi) is 9.03. The normalized spacial score (nSPS) is 11.0. The molecule has 138 valence electrons. The number of hydrogen-bond donors (Lipinski definition) is 2. The molecule has 0 aliphatic carbocycles. The van der Waals surface area contributed by atoms with Gasteiger partial charge in [0, 0.05) is 11.8 Å². The largest absolute Gasteiger partial charge is 0.330 e. The van der Waals surface area contributed by atoms with Gasteiger partial charge < -0.3 is 11.1 Å². The smallest absolute Gasteiger partial charge is 0.226 e. The summed E-state index contributed by atoms with van der Waals surface area (Å²) in [7, 11) is 0. The van der Waals surface area contributed by atoms with E-state index in [-0.39, 0.29) is 23.7 Å². The molecule has 0 bridgehead atoms. The van der Waals surface area contributed by atoms with Gasteiger partial charge >= 0.3 is 0 Å². The summed E-state index contributed by atoms with van der Waals surface area (Å²) in [4.78, 5) is 12.0. The van der Waals surface area contributed by atoms with Crippen molar-refractivity contribution in [2.45, 2.75) is 51.4 Å². The van der Waals surface area contributed by atoms with E-state index in [1.807, 2.05) is 18.2 Å². The first kappa shape index (κ1) is 21.5. The van der Waals surface area contributed by atoms with Gasteiger partial charge in [0.1, 0.15) is 5.01 Å². The summed E-state index contributed by atoms with van der Waals surface area (Å²) >= 11 is 1.44. The number of rotatable bonds is 9. The molecule has 0 unspecified atom stereocenters. The van der Waals surface area contributed by atoms with Crippen LogP contribution in [-0.4, -0.2) is 22.6 Å². The van der Waals surface area contributed by atoms with E-state index in [2.05, 4.69) is 41.5 Å². The number of hydrogen-bond acceptors (Lipinski definition) is 5. The lowest BCUT2D eigenvalue weighted by Crippen LogP contribution is -2.18. The van der Waals surface area contributed by atoms with Crippen molar-refractivity contribution in [2.75, 3.05) is 11.9 Å². The van der Waals surface area contributed by atoms with Crippen molar-refractivity contribution in [1.29, 1.82) is 0 Å². The van der Waals surface area contributed by atoms with Crippen LogP contribution in [0.25, 0.3) is 0 Å². The zero-order valence-electron chi connectivity index (χ0n) is 14.8. The summed E-state index contributed by atoms with van der Waals surface area (Å²) in [6.45, 7) is 4.95. The third kappa shape index (κ3) is 6.38. The van der Waals surface area contributed by atoms with Gasteiger partial charge in [0.25, 0.3) is 0 Å². The summed E-state index contributed by atoms with van der Waals surface area (Å²) in [6, 6.07) is 10.2. The second-order valence-electron chi connectivity index (χ2n) is 6.40. The fourth-order valence-electron chi connectivity index (χ4n) is 2.47. The molecule has 0 spiro atoms. The number of benzene rings is 1. The molecule has 3 N–H and O–H groups in total. The Labute approximate surface area is 159 Å². The predicted octanol–water partition coefficient (Wildman–Crippen LogP) is 4.13. The summed E-state index contributed by atoms with van der Waals surface area (Å²) in [5.74, 6) is 0.00275. The van der Waals surface area contributed by atoms with Crippen molar-refractivity contribution in [3.05, 3.63) is 40.9 Å². The van der Waals surface area contributed by atoms with Crippen LogP contribution >= 0.6 is 23.7 Å². The molecule has 1 aromatic carbocycles. The zero-order valence-corrected chi connectivity index (χ0v) is 16.5. The van der Waals surface area contributed by atoms with Crippen molar-refractivity contribution < 1.29 is 4.79 Å². The highest BCUT2D eigenvalue weighted by Gasteiger charge is 2.27. The van der Waals surface area contributed by atoms with E-state index in [9.17, 15) is 4.79 Å². The van der Waals surface area contributed by atoms with Crippen LogP contribution in [0, 0.1) is 0 Å². The van der Waals surface area contributed by atoms with Crippen LogP contribution < -0.4 is 11.1 Å². The molecule has 7 heteroatoms. The average Bonchev–Trinajstić information content (AvgIpc) is 3.04. The van der Waals surface area contributed by atoms with Crippen LogP contribution in [0.15, 0.2) is 30.3 Å². The molecule has 0 aliphatic heterocycles. The number of aromatic nitrogens is 2. The summed E-state index contributed by atoms with van der Waals surface area (Å²) in [5.41, 5.74) is 6.41. The topological polar surface area (TPSA) is 80.9 Å². The molecule has 1 aromatic heterocycles. The van der Waals surface area contributed by atoms with Crippen LogP contribution in [0.4, 0.5) is 5.13 Å². The van der Waals surface area contributed by atoms with Gasteiger partial charge in [0.15, 0.2) is 0 Å². The first-order valence-corrected chi connectivity index (χ1v) is 9.25. The quantitative estimate of drug-likeness (QED) is 0.639. The van der Waals surface area contributed by atoms with Crippen LogP contribution in [0.5, 0.6) is 0 Å². The van der Waals surface area contributed by atoms with E-state index in [1.165, 1.54) is 16.9 Å². The van der Waals surface area contributed by atoms with Gasteiger partial charge in [-0.1, -0.05) is 54.5 Å². The summed E-state index contributed by atoms with van der Waals surface area (Å²) < 4.78 is 0. The molecule has 25 heavy (non-hydrogen) atoms. The highest BCUT2D eigenvalue weighted by Crippen LogP contribution is 2.34. The molecular weight excluding hydrogens is 356 g/mol. The van der Waals surface area contributed by atoms with Crippen LogP contribution in [-0.2, 0) is 10.2 Å². The Morgan fingerprint density at radius 2 is 1.80 bits per heavy atom. The maximum absolute atomic E-state index is 12.0. The van der Waals surface area contributed by atoms with Gasteiger partial charge in [-0.15, -0.1) is 22.6 Å². The zero-order chi connectivity index (χ0) is 17.4. The third-order valence-electron chi connectivity index (χ3n) is 4.06. The Balaban J connectivity index is 0.00000312. The molecule has 0 saturated carbocycles. The second-order valence-corrected chi connectivity index (χ2v) is 7.38. The van der Waals surface area contributed by atoms with E-state index < -0.39 is 0 Å². The van der Waals surface area contributed by atoms with E-state index in [0.717, 1.165) is 37.2 Å². The SMILES string of the molecule is CC(C)(c1ccccc1)c1nnc(NC(=O)CCCCCCN)s1.Cl. The Bertz CT molecular complexity index is 646. The minimum absolute atomic E-state index is 0. The van der Waals surface area contributed by atoms with Crippen molar-refractivity contribution >= 4 is 34.8 Å². The second kappa shape index (κ2) is 10.5. The monoisotopic (exact) mass is 382 g/mol. The molecule has 5 nitrogen and oxygen atoms in total. The summed E-state index contributed by atoms with van der Waals surface area (Å²) in [6.07, 6.45) is 4.54. The van der Waals surface area contributed by atoms with Crippen LogP contribution in [0.1, 0.15) is 56.5 Å². The van der Waals surface area contributed by atoms with Gasteiger partial charge in [0.05, 0.1) is 0 Å². The van der Waals surface area contributed by atoms with E-state index in [0.29, 0.717) is 11.6 Å². The molecule has 0 atom stereocenters. The number of carbonyl (C=O) groups excluding carboxylic acids is 1. The lowest BCUT2D eigenvalue weighted by atomic mass is 9.85. The molecule has 1 amide bonds. The Morgan fingerprint density at radius 3 is 2.48 bits per heavy atom. The number of nitrogens with two attached hydrogens (primary N) is 1. The van der Waals surface area contributed by atoms with E-state index >= 15 is 0 Å². The van der Waals surface area contributed by atoms with Gasteiger partial charge in [0.2, 0.25) is 11.0 Å². The molecule has 0 saturated heterocycles. The molecule has 0 aliphatic rings. The van der Waals surface area contributed by atoms with Crippen molar-refractivity contribution in [2.24, 2.45) is 5.73 Å². The maximum atomic E-state index is 12.0. The maximum Gasteiger partial charge on any atom is 0.226 e. The number of anilines is 1. The van der Waals surface area contributed by atoms with Crippen molar-refractivity contribution in [3.8, 4) is 0 Å².